The fourth-order valence-electron chi connectivity index (χ4n) is 1.66. The molecule has 1 aliphatic heterocycles. The third-order valence-corrected chi connectivity index (χ3v) is 2.86. The Kier molecular flexibility index (Phi) is 3.46. The summed E-state index contributed by atoms with van der Waals surface area (Å²) in [5, 5.41) is 0.0874. The Balaban J connectivity index is 2.22. The zero-order valence-electron chi connectivity index (χ0n) is 8.75. The van der Waals surface area contributed by atoms with Gasteiger partial charge in [0, 0.05) is 0 Å². The average molecular weight is 242 g/mol. The van der Waals surface area contributed by atoms with E-state index in [4.69, 9.17) is 22.1 Å². The first-order valence-corrected chi connectivity index (χ1v) is 5.59. The van der Waals surface area contributed by atoms with Gasteiger partial charge in [-0.3, -0.25) is 0 Å². The molecule has 16 heavy (non-hydrogen) atoms. The standard InChI is InChI=1S/C12H13ClFNO/c13-9-7-8(4-5-10(9)14)12(15)11-3-1-2-6-16-11/h3-5,7,12H,1-2,6,15H2. The lowest BCUT2D eigenvalue weighted by atomic mass is 10.0. The molecule has 0 radical (unpaired) electrons. The van der Waals surface area contributed by atoms with Gasteiger partial charge in [-0.1, -0.05) is 17.7 Å². The third kappa shape index (κ3) is 2.36. The molecule has 1 aromatic rings. The molecule has 0 bridgehead atoms. The van der Waals surface area contributed by atoms with Gasteiger partial charge < -0.3 is 10.5 Å². The zero-order valence-corrected chi connectivity index (χ0v) is 9.51. The number of ether oxygens (including phenoxy) is 1. The molecule has 1 unspecified atom stereocenters. The van der Waals surface area contributed by atoms with Gasteiger partial charge in [0.15, 0.2) is 0 Å². The summed E-state index contributed by atoms with van der Waals surface area (Å²) >= 11 is 5.71. The summed E-state index contributed by atoms with van der Waals surface area (Å²) in [6, 6.07) is 4.13. The number of benzene rings is 1. The highest BCUT2D eigenvalue weighted by Crippen LogP contribution is 2.26. The van der Waals surface area contributed by atoms with Crippen molar-refractivity contribution in [2.24, 2.45) is 5.73 Å². The number of allylic oxidation sites excluding steroid dienone is 1. The Morgan fingerprint density at radius 2 is 2.25 bits per heavy atom. The van der Waals surface area contributed by atoms with Crippen LogP contribution in [-0.2, 0) is 4.74 Å². The van der Waals surface area contributed by atoms with E-state index >= 15 is 0 Å². The van der Waals surface area contributed by atoms with Gasteiger partial charge in [0.05, 0.1) is 17.7 Å². The summed E-state index contributed by atoms with van der Waals surface area (Å²) in [4.78, 5) is 0. The van der Waals surface area contributed by atoms with Crippen LogP contribution in [0.2, 0.25) is 5.02 Å². The van der Waals surface area contributed by atoms with Crippen molar-refractivity contribution in [1.29, 1.82) is 0 Å². The second-order valence-corrected chi connectivity index (χ2v) is 4.16. The summed E-state index contributed by atoms with van der Waals surface area (Å²) in [6.45, 7) is 0.689. The smallest absolute Gasteiger partial charge is 0.141 e. The Hall–Kier alpha value is -1.06. The summed E-state index contributed by atoms with van der Waals surface area (Å²) in [5.74, 6) is 0.310. The van der Waals surface area contributed by atoms with Crippen LogP contribution in [0.4, 0.5) is 4.39 Å². The monoisotopic (exact) mass is 241 g/mol. The second kappa shape index (κ2) is 4.85. The van der Waals surface area contributed by atoms with Gasteiger partial charge in [-0.25, -0.2) is 4.39 Å². The van der Waals surface area contributed by atoms with E-state index in [2.05, 4.69) is 0 Å². The molecule has 0 aromatic heterocycles. The van der Waals surface area contributed by atoms with E-state index in [0.29, 0.717) is 6.61 Å². The number of hydrogen-bond acceptors (Lipinski definition) is 2. The molecule has 1 atom stereocenters. The molecule has 0 aliphatic carbocycles. The maximum absolute atomic E-state index is 13.0. The maximum Gasteiger partial charge on any atom is 0.141 e. The molecule has 0 saturated carbocycles. The van der Waals surface area contributed by atoms with Crippen molar-refractivity contribution >= 4 is 11.6 Å². The van der Waals surface area contributed by atoms with Crippen LogP contribution < -0.4 is 5.73 Å². The van der Waals surface area contributed by atoms with E-state index in [1.165, 1.54) is 6.07 Å². The molecule has 1 aromatic carbocycles. The van der Waals surface area contributed by atoms with Crippen LogP contribution in [0.15, 0.2) is 30.0 Å². The molecule has 1 heterocycles. The SMILES string of the molecule is NC(C1=CCCCO1)c1ccc(F)c(Cl)c1. The van der Waals surface area contributed by atoms with Gasteiger partial charge in [-0.15, -0.1) is 0 Å². The molecule has 2 N–H and O–H groups in total. The van der Waals surface area contributed by atoms with Crippen molar-refractivity contribution in [2.45, 2.75) is 18.9 Å². The fourth-order valence-corrected chi connectivity index (χ4v) is 1.85. The molecule has 0 saturated heterocycles. The zero-order chi connectivity index (χ0) is 11.5. The predicted molar refractivity (Wildman–Crippen MR) is 61.6 cm³/mol. The molecule has 0 amide bonds. The van der Waals surface area contributed by atoms with E-state index in [-0.39, 0.29) is 11.1 Å². The van der Waals surface area contributed by atoms with Gasteiger partial charge in [-0.05, 0) is 36.6 Å². The first kappa shape index (κ1) is 11.4. The molecule has 1 aliphatic rings. The van der Waals surface area contributed by atoms with Gasteiger partial charge in [0.25, 0.3) is 0 Å². The van der Waals surface area contributed by atoms with E-state index in [1.54, 1.807) is 12.1 Å². The topological polar surface area (TPSA) is 35.2 Å². The maximum atomic E-state index is 13.0. The minimum absolute atomic E-state index is 0.0874. The molecule has 2 rings (SSSR count). The number of nitrogens with two attached hydrogens (primary N) is 1. The van der Waals surface area contributed by atoms with Crippen LogP contribution in [0.3, 0.4) is 0 Å². The normalized spacial score (nSPS) is 17.6. The lowest BCUT2D eigenvalue weighted by Crippen LogP contribution is -2.17. The highest BCUT2D eigenvalue weighted by molar-refractivity contribution is 6.30. The third-order valence-electron chi connectivity index (χ3n) is 2.57. The summed E-state index contributed by atoms with van der Waals surface area (Å²) in [6.07, 6.45) is 3.96. The summed E-state index contributed by atoms with van der Waals surface area (Å²) in [5.41, 5.74) is 6.78. The Bertz CT molecular complexity index is 419. The second-order valence-electron chi connectivity index (χ2n) is 3.75. The lowest BCUT2D eigenvalue weighted by Gasteiger charge is -2.21. The number of rotatable bonds is 2. The lowest BCUT2D eigenvalue weighted by molar-refractivity contribution is 0.176. The van der Waals surface area contributed by atoms with Crippen molar-refractivity contribution in [1.82, 2.24) is 0 Å². The molecule has 2 nitrogen and oxygen atoms in total. The summed E-state index contributed by atoms with van der Waals surface area (Å²) in [7, 11) is 0. The first-order chi connectivity index (χ1) is 7.68. The van der Waals surface area contributed by atoms with Crippen molar-refractivity contribution in [2.75, 3.05) is 6.61 Å². The van der Waals surface area contributed by atoms with Gasteiger partial charge in [-0.2, -0.15) is 0 Å². The molecule has 0 fully saturated rings. The van der Waals surface area contributed by atoms with E-state index in [1.807, 2.05) is 6.08 Å². The molecule has 0 spiro atoms. The van der Waals surface area contributed by atoms with Crippen molar-refractivity contribution < 1.29 is 9.13 Å². The highest BCUT2D eigenvalue weighted by atomic mass is 35.5. The van der Waals surface area contributed by atoms with Crippen molar-refractivity contribution in [3.05, 3.63) is 46.4 Å². The molecular weight excluding hydrogens is 229 g/mol. The van der Waals surface area contributed by atoms with Crippen molar-refractivity contribution in [3.63, 3.8) is 0 Å². The summed E-state index contributed by atoms with van der Waals surface area (Å²) < 4.78 is 18.4. The Morgan fingerprint density at radius 1 is 1.44 bits per heavy atom. The van der Waals surface area contributed by atoms with E-state index in [9.17, 15) is 4.39 Å². The predicted octanol–water partition coefficient (Wildman–Crippen LogP) is 3.17. The fraction of sp³-hybridized carbons (Fsp3) is 0.333. The quantitative estimate of drug-likeness (QED) is 0.863. The number of hydrogen-bond donors (Lipinski definition) is 1. The first-order valence-electron chi connectivity index (χ1n) is 5.22. The van der Waals surface area contributed by atoms with Gasteiger partial charge in [0.1, 0.15) is 11.6 Å². The van der Waals surface area contributed by atoms with E-state index in [0.717, 1.165) is 24.2 Å². The number of halogens is 2. The van der Waals surface area contributed by atoms with E-state index < -0.39 is 5.82 Å². The minimum atomic E-state index is -0.434. The van der Waals surface area contributed by atoms with Crippen LogP contribution in [0.1, 0.15) is 24.4 Å². The van der Waals surface area contributed by atoms with Crippen LogP contribution in [-0.4, -0.2) is 6.61 Å². The largest absolute Gasteiger partial charge is 0.496 e. The molecular formula is C12H13ClFNO. The van der Waals surface area contributed by atoms with Crippen LogP contribution >= 0.6 is 11.6 Å². The minimum Gasteiger partial charge on any atom is -0.496 e. The Labute approximate surface area is 98.8 Å². The van der Waals surface area contributed by atoms with Crippen LogP contribution in [0.25, 0.3) is 0 Å². The highest BCUT2D eigenvalue weighted by Gasteiger charge is 2.16. The van der Waals surface area contributed by atoms with Crippen molar-refractivity contribution in [3.8, 4) is 0 Å². The molecule has 4 heteroatoms. The average Bonchev–Trinajstić information content (AvgIpc) is 2.33. The van der Waals surface area contributed by atoms with Crippen LogP contribution in [0, 0.1) is 5.82 Å². The molecule has 86 valence electrons. The Morgan fingerprint density at radius 3 is 2.88 bits per heavy atom. The van der Waals surface area contributed by atoms with Crippen LogP contribution in [0.5, 0.6) is 0 Å². The van der Waals surface area contributed by atoms with Gasteiger partial charge >= 0.3 is 0 Å². The van der Waals surface area contributed by atoms with Gasteiger partial charge in [0.2, 0.25) is 0 Å².